The van der Waals surface area contributed by atoms with Crippen molar-refractivity contribution in [3.8, 4) is 5.75 Å². The second-order valence-electron chi connectivity index (χ2n) is 4.89. The van der Waals surface area contributed by atoms with Crippen LogP contribution in [0.15, 0.2) is 18.2 Å². The first kappa shape index (κ1) is 13.0. The van der Waals surface area contributed by atoms with Crippen molar-refractivity contribution in [3.05, 3.63) is 29.3 Å². The smallest absolute Gasteiger partial charge is 0.259 e. The van der Waals surface area contributed by atoms with Gasteiger partial charge in [-0.15, -0.1) is 0 Å². The molecule has 0 atom stereocenters. The number of carbonyl (C=O) groups excluding carboxylic acids is 1. The van der Waals surface area contributed by atoms with E-state index in [0.29, 0.717) is 0 Å². The highest BCUT2D eigenvalue weighted by Gasteiger charge is 2.19. The van der Waals surface area contributed by atoms with Gasteiger partial charge in [0.15, 0.2) is 6.61 Å². The van der Waals surface area contributed by atoms with E-state index < -0.39 is 5.24 Å². The summed E-state index contributed by atoms with van der Waals surface area (Å²) >= 11 is 5.26. The maximum atomic E-state index is 10.7. The Hall–Kier alpha value is -1.02. The molecule has 0 bridgehead atoms. The van der Waals surface area contributed by atoms with Crippen molar-refractivity contribution in [2.24, 2.45) is 0 Å². The number of halogens is 1. The monoisotopic (exact) mass is 240 g/mol. The van der Waals surface area contributed by atoms with Crippen LogP contribution in [0.3, 0.4) is 0 Å². The lowest BCUT2D eigenvalue weighted by Crippen LogP contribution is -2.15. The molecule has 0 spiro atoms. The van der Waals surface area contributed by atoms with Gasteiger partial charge in [0.25, 0.3) is 5.24 Å². The molecule has 0 aliphatic heterocycles. The van der Waals surface area contributed by atoms with Crippen LogP contribution >= 0.6 is 11.6 Å². The van der Waals surface area contributed by atoms with Crippen LogP contribution in [-0.4, -0.2) is 11.8 Å². The maximum absolute atomic E-state index is 10.7. The van der Waals surface area contributed by atoms with Crippen molar-refractivity contribution in [2.75, 3.05) is 6.61 Å². The van der Waals surface area contributed by atoms with Gasteiger partial charge in [-0.2, -0.15) is 0 Å². The maximum Gasteiger partial charge on any atom is 0.259 e. The second kappa shape index (κ2) is 4.88. The molecule has 0 unspecified atom stereocenters. The number of carbonyl (C=O) groups is 1. The Kier molecular flexibility index (Phi) is 3.98. The number of aryl methyl sites for hydroxylation is 1. The van der Waals surface area contributed by atoms with Gasteiger partial charge in [-0.25, -0.2) is 0 Å². The van der Waals surface area contributed by atoms with Crippen molar-refractivity contribution in [1.82, 2.24) is 0 Å². The standard InChI is InChI=1S/C13H17ClO2/c1-9-5-6-11(16-8-12(14)15)10(7-9)13(2,3)4/h5-7H,8H2,1-4H3. The van der Waals surface area contributed by atoms with Gasteiger partial charge in [-0.3, -0.25) is 4.79 Å². The molecule has 2 nitrogen and oxygen atoms in total. The third kappa shape index (κ3) is 3.53. The van der Waals surface area contributed by atoms with Gasteiger partial charge >= 0.3 is 0 Å². The molecule has 0 heterocycles. The van der Waals surface area contributed by atoms with Gasteiger partial charge in [-0.1, -0.05) is 38.5 Å². The number of rotatable bonds is 3. The van der Waals surface area contributed by atoms with Crippen LogP contribution in [0.2, 0.25) is 0 Å². The molecule has 0 radical (unpaired) electrons. The van der Waals surface area contributed by atoms with Crippen LogP contribution in [0.25, 0.3) is 0 Å². The third-order valence-electron chi connectivity index (χ3n) is 2.28. The molecule has 1 rings (SSSR count). The summed E-state index contributed by atoms with van der Waals surface area (Å²) in [6, 6.07) is 5.92. The summed E-state index contributed by atoms with van der Waals surface area (Å²) in [5.74, 6) is 0.729. The van der Waals surface area contributed by atoms with Gasteiger partial charge in [0.2, 0.25) is 0 Å². The fourth-order valence-corrected chi connectivity index (χ4v) is 1.54. The minimum atomic E-state index is -0.486. The van der Waals surface area contributed by atoms with E-state index in [-0.39, 0.29) is 12.0 Å². The summed E-state index contributed by atoms with van der Waals surface area (Å²) in [4.78, 5) is 10.7. The molecule has 0 N–H and O–H groups in total. The van der Waals surface area contributed by atoms with Gasteiger partial charge < -0.3 is 4.74 Å². The van der Waals surface area contributed by atoms with Crippen molar-refractivity contribution in [1.29, 1.82) is 0 Å². The summed E-state index contributed by atoms with van der Waals surface area (Å²) in [5, 5.41) is -0.486. The summed E-state index contributed by atoms with van der Waals surface area (Å²) in [6.45, 7) is 8.27. The van der Waals surface area contributed by atoms with Crippen LogP contribution in [0.5, 0.6) is 5.75 Å². The average molecular weight is 241 g/mol. The van der Waals surface area contributed by atoms with E-state index in [0.717, 1.165) is 11.3 Å². The van der Waals surface area contributed by atoms with Crippen LogP contribution in [0, 0.1) is 6.92 Å². The zero-order chi connectivity index (χ0) is 12.3. The summed E-state index contributed by atoms with van der Waals surface area (Å²) in [7, 11) is 0. The van der Waals surface area contributed by atoms with Gasteiger partial charge in [-0.05, 0) is 35.6 Å². The largest absolute Gasteiger partial charge is 0.484 e. The van der Waals surface area contributed by atoms with Crippen molar-refractivity contribution in [3.63, 3.8) is 0 Å². The van der Waals surface area contributed by atoms with E-state index in [1.807, 2.05) is 19.1 Å². The minimum Gasteiger partial charge on any atom is -0.484 e. The Morgan fingerprint density at radius 2 is 2.00 bits per heavy atom. The average Bonchev–Trinajstić information content (AvgIpc) is 2.14. The second-order valence-corrected chi connectivity index (χ2v) is 5.31. The summed E-state index contributed by atoms with van der Waals surface area (Å²) in [5.41, 5.74) is 2.25. The summed E-state index contributed by atoms with van der Waals surface area (Å²) in [6.07, 6.45) is 0. The van der Waals surface area contributed by atoms with E-state index in [1.54, 1.807) is 0 Å². The Balaban J connectivity index is 3.03. The fraction of sp³-hybridized carbons (Fsp3) is 0.462. The zero-order valence-electron chi connectivity index (χ0n) is 10.1. The predicted octanol–water partition coefficient (Wildman–Crippen LogP) is 3.44. The summed E-state index contributed by atoms with van der Waals surface area (Å²) < 4.78 is 5.40. The Morgan fingerprint density at radius 1 is 1.38 bits per heavy atom. The first-order valence-electron chi connectivity index (χ1n) is 5.23. The lowest BCUT2D eigenvalue weighted by atomic mass is 9.85. The molecule has 0 amide bonds. The van der Waals surface area contributed by atoms with Crippen LogP contribution in [0.1, 0.15) is 31.9 Å². The minimum absolute atomic E-state index is 0.0171. The van der Waals surface area contributed by atoms with Crippen LogP contribution in [-0.2, 0) is 10.2 Å². The molecule has 0 fully saturated rings. The van der Waals surface area contributed by atoms with E-state index in [1.165, 1.54) is 5.56 Å². The quantitative estimate of drug-likeness (QED) is 0.757. The SMILES string of the molecule is Cc1ccc(OCC(=O)Cl)c(C(C)(C)C)c1. The van der Waals surface area contributed by atoms with E-state index >= 15 is 0 Å². The molecule has 16 heavy (non-hydrogen) atoms. The first-order chi connectivity index (χ1) is 7.30. The van der Waals surface area contributed by atoms with Gasteiger partial charge in [0.05, 0.1) is 0 Å². The molecule has 0 aromatic heterocycles. The Bertz CT molecular complexity index is 391. The molecule has 0 aliphatic carbocycles. The van der Waals surface area contributed by atoms with Crippen LogP contribution < -0.4 is 4.74 Å². The highest BCUT2D eigenvalue weighted by Crippen LogP contribution is 2.32. The fourth-order valence-electron chi connectivity index (χ4n) is 1.49. The predicted molar refractivity (Wildman–Crippen MR) is 66.2 cm³/mol. The Labute approximate surface area is 102 Å². The molecule has 88 valence electrons. The van der Waals surface area contributed by atoms with Crippen LogP contribution in [0.4, 0.5) is 0 Å². The number of benzene rings is 1. The lowest BCUT2D eigenvalue weighted by Gasteiger charge is -2.23. The number of hydrogen-bond acceptors (Lipinski definition) is 2. The Morgan fingerprint density at radius 3 is 2.50 bits per heavy atom. The molecular formula is C13H17ClO2. The molecular weight excluding hydrogens is 224 g/mol. The molecule has 1 aromatic carbocycles. The number of hydrogen-bond donors (Lipinski definition) is 0. The van der Waals surface area contributed by atoms with E-state index in [4.69, 9.17) is 16.3 Å². The van der Waals surface area contributed by atoms with Gasteiger partial charge in [0, 0.05) is 0 Å². The van der Waals surface area contributed by atoms with Crippen molar-refractivity contribution < 1.29 is 9.53 Å². The first-order valence-corrected chi connectivity index (χ1v) is 5.61. The van der Waals surface area contributed by atoms with Crippen molar-refractivity contribution in [2.45, 2.75) is 33.1 Å². The molecule has 1 aromatic rings. The van der Waals surface area contributed by atoms with Crippen molar-refractivity contribution >= 4 is 16.8 Å². The zero-order valence-corrected chi connectivity index (χ0v) is 10.9. The van der Waals surface area contributed by atoms with E-state index in [2.05, 4.69) is 26.8 Å². The molecule has 3 heteroatoms. The highest BCUT2D eigenvalue weighted by atomic mass is 35.5. The number of ether oxygens (including phenoxy) is 1. The highest BCUT2D eigenvalue weighted by molar-refractivity contribution is 6.63. The van der Waals surface area contributed by atoms with E-state index in [9.17, 15) is 4.79 Å². The third-order valence-corrected chi connectivity index (χ3v) is 2.39. The normalized spacial score (nSPS) is 11.3. The van der Waals surface area contributed by atoms with Gasteiger partial charge in [0.1, 0.15) is 5.75 Å². The molecule has 0 saturated carbocycles. The molecule has 0 saturated heterocycles. The lowest BCUT2D eigenvalue weighted by molar-refractivity contribution is -0.113. The topological polar surface area (TPSA) is 26.3 Å². The molecule has 0 aliphatic rings.